The number of nitrogens with two attached hydrogens (primary N) is 1. The van der Waals surface area contributed by atoms with Gasteiger partial charge in [0.2, 0.25) is 0 Å². The Morgan fingerprint density at radius 1 is 1.30 bits per heavy atom. The second-order valence-electron chi connectivity index (χ2n) is 9.13. The van der Waals surface area contributed by atoms with Crippen molar-refractivity contribution < 1.29 is 13.9 Å². The van der Waals surface area contributed by atoms with Crippen LogP contribution >= 0.6 is 0 Å². The molecular formula is C24H28FN3O2. The molecule has 1 aromatic rings. The number of ether oxygens (including phenoxy) is 1. The number of amides is 1. The lowest BCUT2D eigenvalue weighted by atomic mass is 9.61. The molecule has 2 fully saturated rings. The minimum atomic E-state index is -1.07. The summed E-state index contributed by atoms with van der Waals surface area (Å²) in [6.45, 7) is -0.695. The third kappa shape index (κ3) is 2.79. The van der Waals surface area contributed by atoms with Gasteiger partial charge in [0.15, 0.2) is 11.5 Å². The van der Waals surface area contributed by atoms with E-state index in [-0.39, 0.29) is 29.9 Å². The molecule has 0 aromatic heterocycles. The Labute approximate surface area is 176 Å². The summed E-state index contributed by atoms with van der Waals surface area (Å²) >= 11 is 0. The Hall–Kier alpha value is -2.39. The monoisotopic (exact) mass is 409 g/mol. The molecule has 158 valence electrons. The number of hydrogen-bond donors (Lipinski definition) is 1. The van der Waals surface area contributed by atoms with E-state index in [0.29, 0.717) is 5.92 Å². The van der Waals surface area contributed by atoms with Gasteiger partial charge in [0.25, 0.3) is 5.91 Å². The summed E-state index contributed by atoms with van der Waals surface area (Å²) in [6.07, 6.45) is 6.74. The van der Waals surface area contributed by atoms with Crippen LogP contribution in [0.3, 0.4) is 0 Å². The molecule has 6 heteroatoms. The molecule has 2 N–H and O–H groups in total. The van der Waals surface area contributed by atoms with E-state index in [0.717, 1.165) is 48.8 Å². The number of alkyl halides is 1. The molecule has 1 aromatic carbocycles. The van der Waals surface area contributed by atoms with Crippen LogP contribution < -0.4 is 5.73 Å². The molecule has 2 saturated carbocycles. The van der Waals surface area contributed by atoms with Crippen LogP contribution in [0.2, 0.25) is 0 Å². The smallest absolute Gasteiger partial charge is 0.262 e. The average Bonchev–Trinajstić information content (AvgIpc) is 3.51. The first-order chi connectivity index (χ1) is 14.5. The third-order valence-corrected chi connectivity index (χ3v) is 7.44. The normalized spacial score (nSPS) is 32.3. The Morgan fingerprint density at radius 3 is 2.73 bits per heavy atom. The Morgan fingerprint density at radius 2 is 2.07 bits per heavy atom. The number of guanidine groups is 1. The molecular weight excluding hydrogens is 381 g/mol. The van der Waals surface area contributed by atoms with Crippen molar-refractivity contribution in [3.63, 3.8) is 0 Å². The van der Waals surface area contributed by atoms with Gasteiger partial charge in [-0.2, -0.15) is 0 Å². The van der Waals surface area contributed by atoms with E-state index < -0.39 is 12.2 Å². The summed E-state index contributed by atoms with van der Waals surface area (Å²) in [4.78, 5) is 20.0. The van der Waals surface area contributed by atoms with Crippen molar-refractivity contribution in [2.75, 3.05) is 20.3 Å². The molecule has 0 saturated heterocycles. The first-order valence-corrected chi connectivity index (χ1v) is 10.9. The van der Waals surface area contributed by atoms with Gasteiger partial charge in [-0.15, -0.1) is 0 Å². The summed E-state index contributed by atoms with van der Waals surface area (Å²) in [5.41, 5.74) is 7.73. The number of rotatable bonds is 3. The molecule has 5 rings (SSSR count). The van der Waals surface area contributed by atoms with E-state index in [1.165, 1.54) is 17.7 Å². The second kappa shape index (κ2) is 7.09. The fraction of sp³-hybridized carbons (Fsp3) is 0.583. The number of halogens is 1. The van der Waals surface area contributed by atoms with Gasteiger partial charge in [-0.1, -0.05) is 17.9 Å². The van der Waals surface area contributed by atoms with E-state index in [1.807, 2.05) is 12.1 Å². The van der Waals surface area contributed by atoms with Crippen molar-refractivity contribution in [1.29, 1.82) is 0 Å². The molecule has 4 aliphatic rings. The molecule has 3 aliphatic carbocycles. The van der Waals surface area contributed by atoms with Crippen LogP contribution in [-0.4, -0.2) is 43.2 Å². The number of fused-ring (bicyclic) bond motifs is 3. The molecule has 5 nitrogen and oxygen atoms in total. The minimum absolute atomic E-state index is 0.0524. The summed E-state index contributed by atoms with van der Waals surface area (Å²) in [5.74, 6) is 7.04. The predicted octanol–water partition coefficient (Wildman–Crippen LogP) is 2.90. The van der Waals surface area contributed by atoms with E-state index in [4.69, 9.17) is 15.5 Å². The van der Waals surface area contributed by atoms with E-state index in [1.54, 1.807) is 7.11 Å². The Bertz CT molecular complexity index is 966. The van der Waals surface area contributed by atoms with Crippen molar-refractivity contribution in [2.24, 2.45) is 22.1 Å². The van der Waals surface area contributed by atoms with Crippen LogP contribution in [0.5, 0.6) is 0 Å². The SMILES string of the molecule is COC1CCC2(CC1)Cc1ccc(C#CC3CC3)cc1C21N=C(N)N(CCF)C1=O. The highest BCUT2D eigenvalue weighted by Gasteiger charge is 2.66. The summed E-state index contributed by atoms with van der Waals surface area (Å²) < 4.78 is 18.8. The first-order valence-electron chi connectivity index (χ1n) is 10.9. The van der Waals surface area contributed by atoms with Gasteiger partial charge in [0.05, 0.1) is 12.6 Å². The zero-order valence-electron chi connectivity index (χ0n) is 17.4. The number of nitrogens with zero attached hydrogens (tertiary/aromatic N) is 2. The molecule has 1 aliphatic heterocycles. The van der Waals surface area contributed by atoms with Gasteiger partial charge in [-0.05, 0) is 68.2 Å². The van der Waals surface area contributed by atoms with Crippen LogP contribution in [0.4, 0.5) is 4.39 Å². The predicted molar refractivity (Wildman–Crippen MR) is 112 cm³/mol. The fourth-order valence-corrected chi connectivity index (χ4v) is 5.66. The van der Waals surface area contributed by atoms with Crippen LogP contribution in [0.1, 0.15) is 55.2 Å². The number of benzene rings is 1. The Balaban J connectivity index is 1.62. The number of hydrogen-bond acceptors (Lipinski definition) is 4. The summed E-state index contributed by atoms with van der Waals surface area (Å²) in [5, 5.41) is 0. The lowest BCUT2D eigenvalue weighted by molar-refractivity contribution is -0.138. The molecule has 2 spiro atoms. The quantitative estimate of drug-likeness (QED) is 0.781. The van der Waals surface area contributed by atoms with Crippen LogP contribution in [-0.2, 0) is 21.5 Å². The highest BCUT2D eigenvalue weighted by atomic mass is 19.1. The summed E-state index contributed by atoms with van der Waals surface area (Å²) in [6, 6.07) is 6.19. The maximum atomic E-state index is 13.8. The average molecular weight is 410 g/mol. The highest BCUT2D eigenvalue weighted by Crippen LogP contribution is 2.61. The standard InChI is InChI=1S/C24H28FN3O2/c1-30-19-8-10-23(11-9-19)15-18-7-6-17(5-4-16-2-3-16)14-20(18)24(23)21(29)28(13-12-25)22(26)27-24/h6-7,14,16,19H,2-3,8-13,15H2,1H3,(H2,26,27). The van der Waals surface area contributed by atoms with Crippen molar-refractivity contribution in [3.8, 4) is 11.8 Å². The number of aliphatic imine (C=N–C) groups is 1. The maximum absolute atomic E-state index is 13.8. The topological polar surface area (TPSA) is 67.9 Å². The second-order valence-corrected chi connectivity index (χ2v) is 9.13. The largest absolute Gasteiger partial charge is 0.381 e. The number of carbonyl (C=O) groups is 1. The molecule has 1 atom stereocenters. The molecule has 30 heavy (non-hydrogen) atoms. The molecule has 1 unspecified atom stereocenters. The maximum Gasteiger partial charge on any atom is 0.262 e. The van der Waals surface area contributed by atoms with Crippen molar-refractivity contribution >= 4 is 11.9 Å². The van der Waals surface area contributed by atoms with Gasteiger partial charge in [-0.25, -0.2) is 9.38 Å². The van der Waals surface area contributed by atoms with Gasteiger partial charge in [-0.3, -0.25) is 9.69 Å². The van der Waals surface area contributed by atoms with Gasteiger partial charge < -0.3 is 10.5 Å². The van der Waals surface area contributed by atoms with E-state index >= 15 is 0 Å². The Kier molecular flexibility index (Phi) is 4.62. The minimum Gasteiger partial charge on any atom is -0.381 e. The lowest BCUT2D eigenvalue weighted by Crippen LogP contribution is -2.52. The molecule has 0 bridgehead atoms. The van der Waals surface area contributed by atoms with Crippen LogP contribution in [0.25, 0.3) is 0 Å². The highest BCUT2D eigenvalue weighted by molar-refractivity contribution is 6.08. The zero-order chi connectivity index (χ0) is 20.9. The lowest BCUT2D eigenvalue weighted by Gasteiger charge is -2.45. The van der Waals surface area contributed by atoms with Crippen molar-refractivity contribution in [1.82, 2.24) is 4.90 Å². The molecule has 0 radical (unpaired) electrons. The molecule has 1 amide bonds. The van der Waals surface area contributed by atoms with Gasteiger partial charge in [0, 0.05) is 24.0 Å². The van der Waals surface area contributed by atoms with E-state index in [9.17, 15) is 9.18 Å². The van der Waals surface area contributed by atoms with E-state index in [2.05, 4.69) is 17.9 Å². The molecule has 1 heterocycles. The van der Waals surface area contributed by atoms with Gasteiger partial charge in [0.1, 0.15) is 6.67 Å². The first kappa shape index (κ1) is 19.6. The third-order valence-electron chi connectivity index (χ3n) is 7.44. The van der Waals surface area contributed by atoms with Crippen LogP contribution in [0, 0.1) is 23.2 Å². The fourth-order valence-electron chi connectivity index (χ4n) is 5.66. The zero-order valence-corrected chi connectivity index (χ0v) is 17.4. The number of carbonyl (C=O) groups excluding carboxylic acids is 1. The number of methoxy groups -OCH3 is 1. The summed E-state index contributed by atoms with van der Waals surface area (Å²) in [7, 11) is 1.74. The van der Waals surface area contributed by atoms with Crippen molar-refractivity contribution in [3.05, 3.63) is 34.9 Å². The van der Waals surface area contributed by atoms with Crippen LogP contribution in [0.15, 0.2) is 23.2 Å². The van der Waals surface area contributed by atoms with Gasteiger partial charge >= 0.3 is 0 Å². The van der Waals surface area contributed by atoms with Crippen molar-refractivity contribution in [2.45, 2.75) is 56.6 Å².